The third kappa shape index (κ3) is 2.48. The van der Waals surface area contributed by atoms with Crippen LogP contribution in [0.2, 0.25) is 0 Å². The van der Waals surface area contributed by atoms with E-state index < -0.39 is 6.23 Å². The summed E-state index contributed by atoms with van der Waals surface area (Å²) >= 11 is 0. The second-order valence-corrected chi connectivity index (χ2v) is 2.83. The van der Waals surface area contributed by atoms with Crippen molar-refractivity contribution in [1.82, 2.24) is 10.6 Å². The molecule has 0 aromatic carbocycles. The van der Waals surface area contributed by atoms with Gasteiger partial charge in [-0.05, 0) is 26.3 Å². The van der Waals surface area contributed by atoms with Crippen molar-refractivity contribution in [2.45, 2.75) is 32.0 Å². The number of nitrogens with one attached hydrogen (secondary N) is 2. The molecule has 1 rings (SSSR count). The molecule has 0 spiro atoms. The van der Waals surface area contributed by atoms with Crippen LogP contribution in [-0.2, 0) is 4.79 Å². The van der Waals surface area contributed by atoms with Crippen molar-refractivity contribution >= 4 is 5.91 Å². The summed E-state index contributed by atoms with van der Waals surface area (Å²) in [7, 11) is 0. The van der Waals surface area contributed by atoms with Crippen molar-refractivity contribution in [3.8, 4) is 0 Å². The van der Waals surface area contributed by atoms with Gasteiger partial charge in [-0.15, -0.1) is 0 Å². The van der Waals surface area contributed by atoms with Gasteiger partial charge in [0.25, 0.3) is 0 Å². The fourth-order valence-electron chi connectivity index (χ4n) is 1.21. The molecule has 1 aliphatic heterocycles. The molecule has 0 bridgehead atoms. The lowest BCUT2D eigenvalue weighted by Crippen LogP contribution is -2.44. The summed E-state index contributed by atoms with van der Waals surface area (Å²) in [5.41, 5.74) is 0. The monoisotopic (exact) mass is 158 g/mol. The molecule has 3 N–H and O–H groups in total. The lowest BCUT2D eigenvalue weighted by Gasteiger charge is -2.12. The fourth-order valence-corrected chi connectivity index (χ4v) is 1.21. The van der Waals surface area contributed by atoms with Crippen LogP contribution >= 0.6 is 0 Å². The normalized spacial score (nSPS) is 26.5. The Balaban J connectivity index is 2.28. The first kappa shape index (κ1) is 8.49. The Morgan fingerprint density at radius 3 is 3.00 bits per heavy atom. The minimum absolute atomic E-state index is 0.0930. The minimum atomic E-state index is -0.745. The maximum absolute atomic E-state index is 11.1. The lowest BCUT2D eigenvalue weighted by atomic mass is 10.2. The second-order valence-electron chi connectivity index (χ2n) is 2.83. The van der Waals surface area contributed by atoms with Crippen LogP contribution in [-0.4, -0.2) is 29.8 Å². The van der Waals surface area contributed by atoms with Crippen molar-refractivity contribution < 1.29 is 9.90 Å². The predicted octanol–water partition coefficient (Wildman–Crippen LogP) is -0.807. The summed E-state index contributed by atoms with van der Waals surface area (Å²) in [6.07, 6.45) is 1.17. The predicted molar refractivity (Wildman–Crippen MR) is 40.8 cm³/mol. The molecule has 64 valence electrons. The van der Waals surface area contributed by atoms with Crippen LogP contribution in [0.3, 0.4) is 0 Å². The van der Waals surface area contributed by atoms with E-state index in [1.807, 2.05) is 0 Å². The van der Waals surface area contributed by atoms with Crippen LogP contribution in [0, 0.1) is 0 Å². The first-order valence-electron chi connectivity index (χ1n) is 3.92. The summed E-state index contributed by atoms with van der Waals surface area (Å²) < 4.78 is 0. The molecule has 4 nitrogen and oxygen atoms in total. The molecule has 0 aromatic rings. The van der Waals surface area contributed by atoms with Gasteiger partial charge in [0.1, 0.15) is 6.23 Å². The maximum Gasteiger partial charge on any atom is 0.239 e. The van der Waals surface area contributed by atoms with Crippen LogP contribution in [0.25, 0.3) is 0 Å². The molecule has 1 aliphatic rings. The molecule has 1 amide bonds. The van der Waals surface area contributed by atoms with Crippen LogP contribution < -0.4 is 10.6 Å². The quantitative estimate of drug-likeness (QED) is 0.461. The van der Waals surface area contributed by atoms with Gasteiger partial charge in [-0.1, -0.05) is 0 Å². The molecule has 1 heterocycles. The first-order chi connectivity index (χ1) is 5.20. The van der Waals surface area contributed by atoms with Gasteiger partial charge in [-0.2, -0.15) is 0 Å². The van der Waals surface area contributed by atoms with Crippen molar-refractivity contribution in [2.24, 2.45) is 0 Å². The molecule has 4 heteroatoms. The molecule has 0 aliphatic carbocycles. The van der Waals surface area contributed by atoms with Gasteiger partial charge in [0.05, 0.1) is 6.04 Å². The summed E-state index contributed by atoms with van der Waals surface area (Å²) in [6.45, 7) is 2.44. The summed E-state index contributed by atoms with van der Waals surface area (Å²) in [5.74, 6) is -0.0995. The van der Waals surface area contributed by atoms with Crippen molar-refractivity contribution in [3.05, 3.63) is 0 Å². The van der Waals surface area contributed by atoms with Crippen molar-refractivity contribution in [3.63, 3.8) is 0 Å². The zero-order chi connectivity index (χ0) is 8.27. The van der Waals surface area contributed by atoms with E-state index in [0.29, 0.717) is 0 Å². The van der Waals surface area contributed by atoms with Gasteiger partial charge in [0.2, 0.25) is 5.91 Å². The summed E-state index contributed by atoms with van der Waals surface area (Å²) in [4.78, 5) is 11.1. The molecule has 1 saturated heterocycles. The van der Waals surface area contributed by atoms with Gasteiger partial charge < -0.3 is 15.7 Å². The molecule has 11 heavy (non-hydrogen) atoms. The summed E-state index contributed by atoms with van der Waals surface area (Å²) in [6, 6.07) is -0.0930. The van der Waals surface area contributed by atoms with Gasteiger partial charge in [-0.3, -0.25) is 4.79 Å². The molecule has 2 atom stereocenters. The lowest BCUT2D eigenvalue weighted by molar-refractivity contribution is -0.125. The highest BCUT2D eigenvalue weighted by Gasteiger charge is 2.22. The average molecular weight is 158 g/mol. The number of aliphatic hydroxyl groups excluding tert-OH is 1. The first-order valence-corrected chi connectivity index (χ1v) is 3.92. The van der Waals surface area contributed by atoms with Gasteiger partial charge in [0.15, 0.2) is 0 Å². The topological polar surface area (TPSA) is 61.4 Å². The highest BCUT2D eigenvalue weighted by Crippen LogP contribution is 2.04. The Bertz CT molecular complexity index is 141. The average Bonchev–Trinajstić information content (AvgIpc) is 2.35. The van der Waals surface area contributed by atoms with E-state index >= 15 is 0 Å². The standard InChI is InChI=1S/C7H14N2O2/c1-5(10)9-7(11)6-3-2-4-8-6/h5-6,8,10H,2-4H2,1H3,(H,9,11)/t5-,6?/m1/s1. The molecule has 0 radical (unpaired) electrons. The molecule has 1 fully saturated rings. The Hall–Kier alpha value is -0.610. The SMILES string of the molecule is C[C@@H](O)NC(=O)C1CCCN1. The van der Waals surface area contributed by atoms with Crippen LogP contribution in [0.1, 0.15) is 19.8 Å². The number of hydrogen-bond acceptors (Lipinski definition) is 3. The van der Waals surface area contributed by atoms with Crippen LogP contribution in [0.5, 0.6) is 0 Å². The Morgan fingerprint density at radius 1 is 1.82 bits per heavy atom. The fraction of sp³-hybridized carbons (Fsp3) is 0.857. The van der Waals surface area contributed by atoms with Crippen molar-refractivity contribution in [1.29, 1.82) is 0 Å². The highest BCUT2D eigenvalue weighted by atomic mass is 16.3. The molecule has 0 saturated carbocycles. The Morgan fingerprint density at radius 2 is 2.55 bits per heavy atom. The highest BCUT2D eigenvalue weighted by molar-refractivity contribution is 5.82. The smallest absolute Gasteiger partial charge is 0.239 e. The van der Waals surface area contributed by atoms with Crippen LogP contribution in [0.4, 0.5) is 0 Å². The molecular weight excluding hydrogens is 144 g/mol. The number of amides is 1. The zero-order valence-electron chi connectivity index (χ0n) is 6.63. The minimum Gasteiger partial charge on any atom is -0.374 e. The third-order valence-electron chi connectivity index (χ3n) is 1.73. The summed E-state index contributed by atoms with van der Waals surface area (Å²) in [5, 5.41) is 14.3. The number of carbonyl (C=O) groups excluding carboxylic acids is 1. The number of rotatable bonds is 2. The number of hydrogen-bond donors (Lipinski definition) is 3. The van der Waals surface area contributed by atoms with E-state index in [-0.39, 0.29) is 11.9 Å². The molecule has 1 unspecified atom stereocenters. The van der Waals surface area contributed by atoms with Crippen LogP contribution in [0.15, 0.2) is 0 Å². The maximum atomic E-state index is 11.1. The second kappa shape index (κ2) is 3.69. The van der Waals surface area contributed by atoms with E-state index in [1.54, 1.807) is 0 Å². The van der Waals surface area contributed by atoms with E-state index in [2.05, 4.69) is 10.6 Å². The van der Waals surface area contributed by atoms with Gasteiger partial charge >= 0.3 is 0 Å². The van der Waals surface area contributed by atoms with E-state index in [0.717, 1.165) is 19.4 Å². The Labute approximate surface area is 66.0 Å². The zero-order valence-corrected chi connectivity index (χ0v) is 6.63. The van der Waals surface area contributed by atoms with E-state index in [9.17, 15) is 4.79 Å². The molecule has 0 aromatic heterocycles. The number of aliphatic hydroxyl groups is 1. The van der Waals surface area contributed by atoms with Crippen molar-refractivity contribution in [2.75, 3.05) is 6.54 Å². The molecular formula is C7H14N2O2. The van der Waals surface area contributed by atoms with E-state index in [1.165, 1.54) is 6.92 Å². The third-order valence-corrected chi connectivity index (χ3v) is 1.73. The number of carbonyl (C=O) groups is 1. The largest absolute Gasteiger partial charge is 0.374 e. The van der Waals surface area contributed by atoms with Gasteiger partial charge in [-0.25, -0.2) is 0 Å². The van der Waals surface area contributed by atoms with Gasteiger partial charge in [0, 0.05) is 0 Å². The Kier molecular flexibility index (Phi) is 2.84. The van der Waals surface area contributed by atoms with E-state index in [4.69, 9.17) is 5.11 Å².